The zero-order valence-electron chi connectivity index (χ0n) is 16.5. The van der Waals surface area contributed by atoms with Crippen LogP contribution in [-0.2, 0) is 21.4 Å². The van der Waals surface area contributed by atoms with Crippen molar-refractivity contribution in [3.05, 3.63) is 42.0 Å². The van der Waals surface area contributed by atoms with Gasteiger partial charge >= 0.3 is 0 Å². The van der Waals surface area contributed by atoms with E-state index in [0.717, 1.165) is 12.0 Å². The summed E-state index contributed by atoms with van der Waals surface area (Å²) < 4.78 is 28.5. The fourth-order valence-corrected chi connectivity index (χ4v) is 4.61. The van der Waals surface area contributed by atoms with Gasteiger partial charge in [-0.25, -0.2) is 18.1 Å². The summed E-state index contributed by atoms with van der Waals surface area (Å²) in [5.41, 5.74) is 1.12. The molecule has 29 heavy (non-hydrogen) atoms. The molecule has 9 nitrogen and oxygen atoms in total. The average molecular weight is 417 g/mol. The molecule has 1 aliphatic heterocycles. The maximum absolute atomic E-state index is 12.9. The monoisotopic (exact) mass is 416 g/mol. The summed E-state index contributed by atoms with van der Waals surface area (Å²) in [6.45, 7) is 5.27. The van der Waals surface area contributed by atoms with E-state index in [9.17, 15) is 13.2 Å². The van der Waals surface area contributed by atoms with E-state index in [1.165, 1.54) is 15.3 Å². The minimum atomic E-state index is -3.59. The molecule has 1 aromatic heterocycles. The summed E-state index contributed by atoms with van der Waals surface area (Å²) in [5.74, 6) is 0.206. The number of piperazine rings is 1. The normalized spacial score (nSPS) is 16.4. The predicted octanol–water partition coefficient (Wildman–Crippen LogP) is 1.20. The number of sulfonamides is 1. The van der Waals surface area contributed by atoms with Gasteiger partial charge in [-0.15, -0.1) is 5.10 Å². The van der Waals surface area contributed by atoms with Crippen LogP contribution in [0.2, 0.25) is 0 Å². The van der Waals surface area contributed by atoms with Gasteiger partial charge in [0.2, 0.25) is 15.9 Å². The van der Waals surface area contributed by atoms with E-state index in [-0.39, 0.29) is 36.3 Å². The second kappa shape index (κ2) is 8.71. The Kier molecular flexibility index (Phi) is 6.30. The molecule has 154 valence electrons. The zero-order chi connectivity index (χ0) is 21.0. The molecule has 0 aliphatic carbocycles. The van der Waals surface area contributed by atoms with Crippen molar-refractivity contribution >= 4 is 15.9 Å². The summed E-state index contributed by atoms with van der Waals surface area (Å²) in [7, 11) is -3.59. The third-order valence-electron chi connectivity index (χ3n) is 5.22. The highest BCUT2D eigenvalue weighted by molar-refractivity contribution is 7.89. The van der Waals surface area contributed by atoms with Gasteiger partial charge in [0.25, 0.3) is 5.82 Å². The number of carbonyl (C=O) groups excluding carboxylic acids is 1. The lowest BCUT2D eigenvalue weighted by molar-refractivity contribution is -0.133. The van der Waals surface area contributed by atoms with E-state index in [2.05, 4.69) is 23.9 Å². The van der Waals surface area contributed by atoms with Gasteiger partial charge in [0.05, 0.1) is 4.90 Å². The Bertz CT molecular complexity index is 1000. The second-order valence-electron chi connectivity index (χ2n) is 7.04. The molecule has 0 saturated carbocycles. The molecule has 1 atom stereocenters. The molecule has 0 N–H and O–H groups in total. The molecule has 0 radical (unpaired) electrons. The smallest absolute Gasteiger partial charge is 0.252 e. The third-order valence-corrected chi connectivity index (χ3v) is 7.14. The molecule has 0 unspecified atom stereocenters. The summed E-state index contributed by atoms with van der Waals surface area (Å²) >= 11 is 0. The second-order valence-corrected chi connectivity index (χ2v) is 8.98. The predicted molar refractivity (Wildman–Crippen MR) is 105 cm³/mol. The van der Waals surface area contributed by atoms with Gasteiger partial charge in [0.1, 0.15) is 18.9 Å². The highest BCUT2D eigenvalue weighted by Crippen LogP contribution is 2.23. The van der Waals surface area contributed by atoms with Crippen LogP contribution in [0.25, 0.3) is 0 Å². The molecule has 1 aromatic carbocycles. The standard InChI is InChI=1S/C19H24N6O3S/c1-3-15(2)16-4-6-17(7-5-16)29(27,28)25-10-8-23(9-11-25)19(26)13-24-14-21-18(12-20)22-24/h4-7,14-15H,3,8-11,13H2,1-2H3/t15-/m0/s1. The van der Waals surface area contributed by atoms with E-state index < -0.39 is 10.0 Å². The lowest BCUT2D eigenvalue weighted by Gasteiger charge is -2.34. The van der Waals surface area contributed by atoms with E-state index >= 15 is 0 Å². The lowest BCUT2D eigenvalue weighted by atomic mass is 9.99. The fourth-order valence-electron chi connectivity index (χ4n) is 3.19. The molecule has 1 saturated heterocycles. The summed E-state index contributed by atoms with van der Waals surface area (Å²) in [5, 5.41) is 12.6. The van der Waals surface area contributed by atoms with Crippen LogP contribution in [0.3, 0.4) is 0 Å². The van der Waals surface area contributed by atoms with Crippen LogP contribution in [0.1, 0.15) is 37.6 Å². The SMILES string of the molecule is CC[C@H](C)c1ccc(S(=O)(=O)N2CCN(C(=O)Cn3cnc(C#N)n3)CC2)cc1. The quantitative estimate of drug-likeness (QED) is 0.699. The lowest BCUT2D eigenvalue weighted by Crippen LogP contribution is -2.51. The maximum atomic E-state index is 12.9. The highest BCUT2D eigenvalue weighted by atomic mass is 32.2. The Morgan fingerprint density at radius 2 is 1.86 bits per heavy atom. The number of benzene rings is 1. The van der Waals surface area contributed by atoms with Gasteiger partial charge < -0.3 is 4.90 Å². The third kappa shape index (κ3) is 4.63. The molecule has 0 spiro atoms. The molecule has 10 heteroatoms. The maximum Gasteiger partial charge on any atom is 0.252 e. The van der Waals surface area contributed by atoms with Gasteiger partial charge in [-0.2, -0.15) is 9.57 Å². The van der Waals surface area contributed by atoms with Crippen LogP contribution in [0.5, 0.6) is 0 Å². The Morgan fingerprint density at radius 1 is 1.21 bits per heavy atom. The Morgan fingerprint density at radius 3 is 2.41 bits per heavy atom. The molecular formula is C19H24N6O3S. The number of carbonyl (C=O) groups is 1. The first-order valence-electron chi connectivity index (χ1n) is 9.52. The van der Waals surface area contributed by atoms with E-state index in [0.29, 0.717) is 19.0 Å². The van der Waals surface area contributed by atoms with Crippen LogP contribution in [-0.4, -0.2) is 64.5 Å². The first-order valence-corrected chi connectivity index (χ1v) is 11.0. The topological polar surface area (TPSA) is 112 Å². The van der Waals surface area contributed by atoms with Crippen molar-refractivity contribution < 1.29 is 13.2 Å². The summed E-state index contributed by atoms with van der Waals surface area (Å²) in [6, 6.07) is 8.87. The minimum absolute atomic E-state index is 0.00746. The molecule has 3 rings (SSSR count). The highest BCUT2D eigenvalue weighted by Gasteiger charge is 2.30. The number of rotatable bonds is 6. The molecule has 2 heterocycles. The van der Waals surface area contributed by atoms with Gasteiger partial charge in [-0.3, -0.25) is 4.79 Å². The summed E-state index contributed by atoms with van der Waals surface area (Å²) in [4.78, 5) is 18.1. The molecule has 2 aromatic rings. The fraction of sp³-hybridized carbons (Fsp3) is 0.474. The molecule has 1 amide bonds. The number of nitriles is 1. The number of nitrogens with zero attached hydrogens (tertiary/aromatic N) is 6. The number of aromatic nitrogens is 3. The van der Waals surface area contributed by atoms with Gasteiger partial charge in [0.15, 0.2) is 0 Å². The number of amides is 1. The summed E-state index contributed by atoms with van der Waals surface area (Å²) in [6.07, 6.45) is 2.33. The van der Waals surface area contributed by atoms with Crippen molar-refractivity contribution in [3.63, 3.8) is 0 Å². The van der Waals surface area contributed by atoms with Gasteiger partial charge in [-0.05, 0) is 30.0 Å². The Balaban J connectivity index is 1.60. The molecule has 1 fully saturated rings. The van der Waals surface area contributed by atoms with Gasteiger partial charge in [0, 0.05) is 26.2 Å². The van der Waals surface area contributed by atoms with Crippen molar-refractivity contribution in [2.45, 2.75) is 37.6 Å². The van der Waals surface area contributed by atoms with Crippen molar-refractivity contribution in [1.29, 1.82) is 5.26 Å². The van der Waals surface area contributed by atoms with Crippen LogP contribution in [0.15, 0.2) is 35.5 Å². The van der Waals surface area contributed by atoms with E-state index in [1.54, 1.807) is 17.0 Å². The zero-order valence-corrected chi connectivity index (χ0v) is 17.3. The van der Waals surface area contributed by atoms with Gasteiger partial charge in [-0.1, -0.05) is 26.0 Å². The average Bonchev–Trinajstić information content (AvgIpc) is 3.20. The molecular weight excluding hydrogens is 392 g/mol. The van der Waals surface area contributed by atoms with E-state index in [4.69, 9.17) is 5.26 Å². The van der Waals surface area contributed by atoms with E-state index in [1.807, 2.05) is 18.2 Å². The van der Waals surface area contributed by atoms with Crippen molar-refractivity contribution in [1.82, 2.24) is 24.0 Å². The largest absolute Gasteiger partial charge is 0.338 e. The Labute approximate surface area is 170 Å². The van der Waals surface area contributed by atoms with Crippen LogP contribution in [0, 0.1) is 11.3 Å². The Hall–Kier alpha value is -2.77. The molecule has 0 bridgehead atoms. The molecule has 1 aliphatic rings. The first kappa shape index (κ1) is 21.0. The van der Waals surface area contributed by atoms with Crippen molar-refractivity contribution in [3.8, 4) is 6.07 Å². The number of hydrogen-bond donors (Lipinski definition) is 0. The minimum Gasteiger partial charge on any atom is -0.338 e. The van der Waals surface area contributed by atoms with Crippen molar-refractivity contribution in [2.75, 3.05) is 26.2 Å². The van der Waals surface area contributed by atoms with Crippen LogP contribution in [0.4, 0.5) is 0 Å². The number of hydrogen-bond acceptors (Lipinski definition) is 6. The van der Waals surface area contributed by atoms with Crippen molar-refractivity contribution in [2.24, 2.45) is 0 Å². The van der Waals surface area contributed by atoms with Crippen LogP contribution >= 0.6 is 0 Å². The van der Waals surface area contributed by atoms with Crippen LogP contribution < -0.4 is 0 Å². The first-order chi connectivity index (χ1) is 13.8.